The van der Waals surface area contributed by atoms with Crippen LogP contribution in [0.1, 0.15) is 37.5 Å². The smallest absolute Gasteiger partial charge is 0.230 e. The highest BCUT2D eigenvalue weighted by molar-refractivity contribution is 7.16. The van der Waals surface area contributed by atoms with Crippen LogP contribution in [0, 0.1) is 5.41 Å². The van der Waals surface area contributed by atoms with Crippen LogP contribution in [0.3, 0.4) is 0 Å². The molecule has 3 nitrogen and oxygen atoms in total. The van der Waals surface area contributed by atoms with Crippen LogP contribution in [0.5, 0.6) is 0 Å². The molecule has 1 aliphatic rings. The van der Waals surface area contributed by atoms with Crippen molar-refractivity contribution in [3.63, 3.8) is 0 Å². The van der Waals surface area contributed by atoms with Gasteiger partial charge in [-0.1, -0.05) is 24.9 Å². The standard InChI is InChI=1S/C15H23ClN2OS/c1-3-7-15(8-4-9-17-11-15)14(19)18(2)10-12-5-6-13(16)20-12/h5-6,17H,3-4,7-11H2,1-2H3. The van der Waals surface area contributed by atoms with Gasteiger partial charge in [0.2, 0.25) is 5.91 Å². The molecule has 1 aromatic rings. The molecule has 112 valence electrons. The van der Waals surface area contributed by atoms with Crippen LogP contribution in [0.15, 0.2) is 12.1 Å². The number of carbonyl (C=O) groups is 1. The molecule has 1 amide bonds. The van der Waals surface area contributed by atoms with Gasteiger partial charge in [-0.05, 0) is 37.9 Å². The lowest BCUT2D eigenvalue weighted by Gasteiger charge is -2.39. The molecule has 1 N–H and O–H groups in total. The van der Waals surface area contributed by atoms with E-state index in [0.717, 1.165) is 48.0 Å². The fraction of sp³-hybridized carbons (Fsp3) is 0.667. The van der Waals surface area contributed by atoms with Crippen molar-refractivity contribution in [3.8, 4) is 0 Å². The van der Waals surface area contributed by atoms with E-state index in [0.29, 0.717) is 6.54 Å². The Hall–Kier alpha value is -0.580. The van der Waals surface area contributed by atoms with Crippen LogP contribution in [0.4, 0.5) is 0 Å². The molecule has 20 heavy (non-hydrogen) atoms. The van der Waals surface area contributed by atoms with Gasteiger partial charge < -0.3 is 10.2 Å². The minimum absolute atomic E-state index is 0.206. The number of nitrogens with zero attached hydrogens (tertiary/aromatic N) is 1. The largest absolute Gasteiger partial charge is 0.340 e. The number of halogens is 1. The minimum atomic E-state index is -0.206. The van der Waals surface area contributed by atoms with Crippen LogP contribution >= 0.6 is 22.9 Å². The first kappa shape index (κ1) is 15.8. The summed E-state index contributed by atoms with van der Waals surface area (Å²) in [6.45, 7) is 4.66. The van der Waals surface area contributed by atoms with Gasteiger partial charge in [-0.3, -0.25) is 4.79 Å². The van der Waals surface area contributed by atoms with Crippen LogP contribution in [-0.4, -0.2) is 30.9 Å². The molecule has 0 aromatic carbocycles. The Morgan fingerprint density at radius 2 is 2.35 bits per heavy atom. The fourth-order valence-corrected chi connectivity index (χ4v) is 4.24. The van der Waals surface area contributed by atoms with E-state index in [9.17, 15) is 4.79 Å². The summed E-state index contributed by atoms with van der Waals surface area (Å²) in [7, 11) is 1.90. The number of hydrogen-bond acceptors (Lipinski definition) is 3. The van der Waals surface area contributed by atoms with Crippen molar-refractivity contribution in [3.05, 3.63) is 21.3 Å². The Morgan fingerprint density at radius 3 is 2.90 bits per heavy atom. The summed E-state index contributed by atoms with van der Waals surface area (Å²) < 4.78 is 0.781. The van der Waals surface area contributed by atoms with Crippen molar-refractivity contribution < 1.29 is 4.79 Å². The molecule has 1 aromatic heterocycles. The van der Waals surface area contributed by atoms with Gasteiger partial charge in [-0.15, -0.1) is 11.3 Å². The zero-order chi connectivity index (χ0) is 14.6. The number of hydrogen-bond donors (Lipinski definition) is 1. The van der Waals surface area contributed by atoms with Crippen molar-refractivity contribution in [1.82, 2.24) is 10.2 Å². The van der Waals surface area contributed by atoms with E-state index in [4.69, 9.17) is 11.6 Å². The molecule has 0 bridgehead atoms. The predicted molar refractivity (Wildman–Crippen MR) is 85.2 cm³/mol. The Labute approximate surface area is 130 Å². The molecule has 2 heterocycles. The molecular formula is C15H23ClN2OS. The average molecular weight is 315 g/mol. The summed E-state index contributed by atoms with van der Waals surface area (Å²) in [5.74, 6) is 0.274. The van der Waals surface area contributed by atoms with Crippen LogP contribution in [-0.2, 0) is 11.3 Å². The highest BCUT2D eigenvalue weighted by atomic mass is 35.5. The Balaban J connectivity index is 2.06. The van der Waals surface area contributed by atoms with E-state index in [1.165, 1.54) is 0 Å². The van der Waals surface area contributed by atoms with Gasteiger partial charge in [0.1, 0.15) is 0 Å². The molecule has 1 atom stereocenters. The third kappa shape index (κ3) is 3.54. The fourth-order valence-electron chi connectivity index (χ4n) is 3.10. The maximum atomic E-state index is 12.9. The van der Waals surface area contributed by atoms with E-state index in [2.05, 4.69) is 12.2 Å². The number of piperidine rings is 1. The van der Waals surface area contributed by atoms with E-state index >= 15 is 0 Å². The Bertz CT molecular complexity index is 449. The molecule has 1 fully saturated rings. The first-order valence-corrected chi connectivity index (χ1v) is 8.47. The van der Waals surface area contributed by atoms with Crippen LogP contribution in [0.25, 0.3) is 0 Å². The van der Waals surface area contributed by atoms with Gasteiger partial charge in [-0.2, -0.15) is 0 Å². The number of amides is 1. The number of thiophene rings is 1. The summed E-state index contributed by atoms with van der Waals surface area (Å²) in [4.78, 5) is 15.9. The van der Waals surface area contributed by atoms with Gasteiger partial charge in [0.05, 0.1) is 16.3 Å². The lowest BCUT2D eigenvalue weighted by molar-refractivity contribution is -0.143. The molecular weight excluding hydrogens is 292 g/mol. The number of nitrogens with one attached hydrogen (secondary N) is 1. The predicted octanol–water partition coefficient (Wildman–Crippen LogP) is 3.53. The van der Waals surface area contributed by atoms with Crippen LogP contribution < -0.4 is 5.32 Å². The third-order valence-corrected chi connectivity index (χ3v) is 5.24. The molecule has 2 rings (SSSR count). The third-order valence-electron chi connectivity index (χ3n) is 4.02. The van der Waals surface area contributed by atoms with E-state index in [1.54, 1.807) is 11.3 Å². The van der Waals surface area contributed by atoms with E-state index in [1.807, 2.05) is 24.1 Å². The molecule has 0 spiro atoms. The maximum absolute atomic E-state index is 12.9. The SMILES string of the molecule is CCCC1(C(=O)N(C)Cc2ccc(Cl)s2)CCCNC1. The highest BCUT2D eigenvalue weighted by Crippen LogP contribution is 2.34. The second-order valence-corrected chi connectivity index (χ2v) is 7.48. The van der Waals surface area contributed by atoms with Gasteiger partial charge >= 0.3 is 0 Å². The number of rotatable bonds is 5. The summed E-state index contributed by atoms with van der Waals surface area (Å²) in [6, 6.07) is 3.90. The summed E-state index contributed by atoms with van der Waals surface area (Å²) >= 11 is 7.50. The average Bonchev–Trinajstić information content (AvgIpc) is 2.84. The minimum Gasteiger partial charge on any atom is -0.340 e. The second-order valence-electron chi connectivity index (χ2n) is 5.68. The second kappa shape index (κ2) is 6.92. The zero-order valence-corrected chi connectivity index (χ0v) is 13.8. The van der Waals surface area contributed by atoms with Crippen molar-refractivity contribution >= 4 is 28.8 Å². The molecule has 0 aliphatic carbocycles. The molecule has 5 heteroatoms. The van der Waals surface area contributed by atoms with Gasteiger partial charge in [-0.25, -0.2) is 0 Å². The molecule has 1 aliphatic heterocycles. The van der Waals surface area contributed by atoms with Crippen molar-refractivity contribution in [1.29, 1.82) is 0 Å². The normalized spacial score (nSPS) is 22.8. The van der Waals surface area contributed by atoms with E-state index in [-0.39, 0.29) is 11.3 Å². The Kier molecular flexibility index (Phi) is 5.47. The highest BCUT2D eigenvalue weighted by Gasteiger charge is 2.40. The van der Waals surface area contributed by atoms with Gasteiger partial charge in [0, 0.05) is 18.5 Å². The van der Waals surface area contributed by atoms with Crippen molar-refractivity contribution in [2.45, 2.75) is 39.2 Å². The van der Waals surface area contributed by atoms with Gasteiger partial charge in [0.15, 0.2) is 0 Å². The summed E-state index contributed by atoms with van der Waals surface area (Å²) in [5, 5.41) is 3.40. The lowest BCUT2D eigenvalue weighted by atomic mass is 9.76. The Morgan fingerprint density at radius 1 is 1.55 bits per heavy atom. The quantitative estimate of drug-likeness (QED) is 0.901. The maximum Gasteiger partial charge on any atom is 0.230 e. The van der Waals surface area contributed by atoms with Crippen LogP contribution in [0.2, 0.25) is 4.34 Å². The van der Waals surface area contributed by atoms with Gasteiger partial charge in [0.25, 0.3) is 0 Å². The first-order valence-electron chi connectivity index (χ1n) is 7.28. The zero-order valence-electron chi connectivity index (χ0n) is 12.2. The summed E-state index contributed by atoms with van der Waals surface area (Å²) in [5.41, 5.74) is -0.206. The van der Waals surface area contributed by atoms with Crippen molar-refractivity contribution in [2.75, 3.05) is 20.1 Å². The lowest BCUT2D eigenvalue weighted by Crippen LogP contribution is -2.50. The molecule has 1 saturated heterocycles. The number of carbonyl (C=O) groups excluding carboxylic acids is 1. The van der Waals surface area contributed by atoms with E-state index < -0.39 is 0 Å². The molecule has 1 unspecified atom stereocenters. The summed E-state index contributed by atoms with van der Waals surface area (Å²) in [6.07, 6.45) is 4.10. The molecule has 0 radical (unpaired) electrons. The van der Waals surface area contributed by atoms with Crippen molar-refractivity contribution in [2.24, 2.45) is 5.41 Å². The monoisotopic (exact) mass is 314 g/mol. The molecule has 0 saturated carbocycles. The first-order chi connectivity index (χ1) is 9.57. The topological polar surface area (TPSA) is 32.3 Å².